The molecule has 0 aromatic heterocycles. The molecule has 0 unspecified atom stereocenters. The summed E-state index contributed by atoms with van der Waals surface area (Å²) in [7, 11) is 0. The van der Waals surface area contributed by atoms with E-state index in [0.29, 0.717) is 0 Å². The fourth-order valence-electron chi connectivity index (χ4n) is 2.65. The van der Waals surface area contributed by atoms with E-state index < -0.39 is 5.60 Å². The number of ether oxygens (including phenoxy) is 1. The Kier molecular flexibility index (Phi) is 4.09. The van der Waals surface area contributed by atoms with Crippen molar-refractivity contribution in [2.75, 3.05) is 19.6 Å². The maximum Gasteiger partial charge on any atom is 0.407 e. The number of rotatable bonds is 3. The zero-order chi connectivity index (χ0) is 14.1. The first-order valence-corrected chi connectivity index (χ1v) is 7.48. The molecule has 2 aliphatic rings. The number of alkyl carbamates (subject to hydrolysis) is 1. The number of piperidine rings is 1. The minimum absolute atomic E-state index is 0.224. The molecule has 1 N–H and O–H groups in total. The van der Waals surface area contributed by atoms with Crippen LogP contribution in [0.3, 0.4) is 0 Å². The van der Waals surface area contributed by atoms with Crippen molar-refractivity contribution in [3.63, 3.8) is 0 Å². The smallest absolute Gasteiger partial charge is 0.407 e. The molecule has 4 nitrogen and oxygen atoms in total. The fraction of sp³-hybridized carbons (Fsp3) is 0.933. The lowest BCUT2D eigenvalue weighted by Gasteiger charge is -2.39. The van der Waals surface area contributed by atoms with Gasteiger partial charge in [0.2, 0.25) is 0 Å². The molecule has 2 fully saturated rings. The molecular weight excluding hydrogens is 240 g/mol. The van der Waals surface area contributed by atoms with E-state index in [4.69, 9.17) is 4.74 Å². The summed E-state index contributed by atoms with van der Waals surface area (Å²) in [6.07, 6.45) is 4.80. The number of hydrogen-bond donors (Lipinski definition) is 1. The van der Waals surface area contributed by atoms with E-state index in [1.807, 2.05) is 20.8 Å². The van der Waals surface area contributed by atoms with Crippen LogP contribution in [0, 0.1) is 5.41 Å². The zero-order valence-electron chi connectivity index (χ0n) is 12.8. The van der Waals surface area contributed by atoms with Crippen LogP contribution in [-0.2, 0) is 4.74 Å². The van der Waals surface area contributed by atoms with Crippen LogP contribution in [0.4, 0.5) is 4.79 Å². The van der Waals surface area contributed by atoms with Gasteiger partial charge in [-0.25, -0.2) is 4.79 Å². The summed E-state index contributed by atoms with van der Waals surface area (Å²) >= 11 is 0. The Labute approximate surface area is 116 Å². The number of nitrogens with one attached hydrogen (secondary N) is 1. The van der Waals surface area contributed by atoms with Crippen LogP contribution in [0.5, 0.6) is 0 Å². The average Bonchev–Trinajstić information content (AvgIpc) is 3.09. The third kappa shape index (κ3) is 4.68. The number of likely N-dealkylation sites (tertiary alicyclic amines) is 1. The maximum absolute atomic E-state index is 11.7. The van der Waals surface area contributed by atoms with Crippen LogP contribution in [0.25, 0.3) is 0 Å². The zero-order valence-corrected chi connectivity index (χ0v) is 12.8. The minimum atomic E-state index is -0.416. The lowest BCUT2D eigenvalue weighted by Crippen LogP contribution is -2.46. The van der Waals surface area contributed by atoms with E-state index in [1.165, 1.54) is 38.8 Å². The van der Waals surface area contributed by atoms with Gasteiger partial charge in [0.25, 0.3) is 0 Å². The highest BCUT2D eigenvalue weighted by molar-refractivity contribution is 5.67. The van der Waals surface area contributed by atoms with Crippen LogP contribution >= 0.6 is 0 Å². The highest BCUT2D eigenvalue weighted by atomic mass is 16.6. The van der Waals surface area contributed by atoms with Crippen molar-refractivity contribution in [1.82, 2.24) is 10.2 Å². The largest absolute Gasteiger partial charge is 0.444 e. The third-order valence-corrected chi connectivity index (χ3v) is 4.13. The van der Waals surface area contributed by atoms with Gasteiger partial charge in [0.05, 0.1) is 0 Å². The van der Waals surface area contributed by atoms with Crippen LogP contribution in [0.15, 0.2) is 0 Å². The molecule has 1 aliphatic heterocycles. The second kappa shape index (κ2) is 5.31. The molecule has 0 atom stereocenters. The molecule has 0 radical (unpaired) electrons. The Morgan fingerprint density at radius 1 is 1.32 bits per heavy atom. The minimum Gasteiger partial charge on any atom is -0.444 e. The van der Waals surface area contributed by atoms with Crippen molar-refractivity contribution in [3.8, 4) is 0 Å². The van der Waals surface area contributed by atoms with Gasteiger partial charge in [0.15, 0.2) is 0 Å². The highest BCUT2D eigenvalue weighted by Gasteiger charge is 2.36. The summed E-state index contributed by atoms with van der Waals surface area (Å²) in [5.74, 6) is 0. The van der Waals surface area contributed by atoms with Gasteiger partial charge in [-0.3, -0.25) is 0 Å². The van der Waals surface area contributed by atoms with E-state index in [-0.39, 0.29) is 11.5 Å². The summed E-state index contributed by atoms with van der Waals surface area (Å²) in [5, 5.41) is 2.93. The van der Waals surface area contributed by atoms with Crippen molar-refractivity contribution in [2.45, 2.75) is 65.0 Å². The highest BCUT2D eigenvalue weighted by Crippen LogP contribution is 2.36. The monoisotopic (exact) mass is 268 g/mol. The van der Waals surface area contributed by atoms with Crippen LogP contribution in [0.2, 0.25) is 0 Å². The van der Waals surface area contributed by atoms with E-state index in [0.717, 1.165) is 12.6 Å². The van der Waals surface area contributed by atoms with Crippen molar-refractivity contribution >= 4 is 6.09 Å². The first-order chi connectivity index (χ1) is 8.77. The Hall–Kier alpha value is -0.770. The lowest BCUT2D eigenvalue weighted by atomic mass is 9.80. The topological polar surface area (TPSA) is 41.6 Å². The summed E-state index contributed by atoms with van der Waals surface area (Å²) < 4.78 is 5.28. The number of hydrogen-bond acceptors (Lipinski definition) is 3. The van der Waals surface area contributed by atoms with Gasteiger partial charge < -0.3 is 15.0 Å². The molecule has 1 saturated heterocycles. The SMILES string of the molecule is CC1(CNC(=O)OC(C)(C)C)CCN(C2CC2)CC1. The number of carbonyl (C=O) groups excluding carboxylic acids is 1. The van der Waals surface area contributed by atoms with Gasteiger partial charge >= 0.3 is 6.09 Å². The predicted molar refractivity (Wildman–Crippen MR) is 76.2 cm³/mol. The van der Waals surface area contributed by atoms with E-state index >= 15 is 0 Å². The van der Waals surface area contributed by atoms with Gasteiger partial charge in [0.1, 0.15) is 5.60 Å². The Balaban J connectivity index is 1.71. The molecule has 4 heteroatoms. The molecule has 0 bridgehead atoms. The molecule has 0 aromatic carbocycles. The molecule has 0 aromatic rings. The summed E-state index contributed by atoms with van der Waals surface area (Å²) in [6, 6.07) is 0.864. The van der Waals surface area contributed by atoms with E-state index in [9.17, 15) is 4.79 Å². The maximum atomic E-state index is 11.7. The molecule has 110 valence electrons. The molecule has 1 saturated carbocycles. The quantitative estimate of drug-likeness (QED) is 0.855. The fourth-order valence-corrected chi connectivity index (χ4v) is 2.65. The number of amides is 1. The first kappa shape index (κ1) is 14.6. The van der Waals surface area contributed by atoms with Crippen LogP contribution < -0.4 is 5.32 Å². The molecule has 2 rings (SSSR count). The Bertz CT molecular complexity index is 324. The summed E-state index contributed by atoms with van der Waals surface area (Å²) in [4.78, 5) is 14.3. The first-order valence-electron chi connectivity index (χ1n) is 7.48. The third-order valence-electron chi connectivity index (χ3n) is 4.13. The standard InChI is InChI=1S/C15H28N2O2/c1-14(2,3)19-13(18)16-11-15(4)7-9-17(10-8-15)12-5-6-12/h12H,5-11H2,1-4H3,(H,16,18). The van der Waals surface area contributed by atoms with Crippen molar-refractivity contribution < 1.29 is 9.53 Å². The van der Waals surface area contributed by atoms with Crippen molar-refractivity contribution in [2.24, 2.45) is 5.41 Å². The van der Waals surface area contributed by atoms with Gasteiger partial charge in [0, 0.05) is 12.6 Å². The lowest BCUT2D eigenvalue weighted by molar-refractivity contribution is 0.0464. The van der Waals surface area contributed by atoms with Crippen molar-refractivity contribution in [1.29, 1.82) is 0 Å². The molecular formula is C15H28N2O2. The second-order valence-corrected chi connectivity index (χ2v) is 7.43. The van der Waals surface area contributed by atoms with E-state index in [1.54, 1.807) is 0 Å². The van der Waals surface area contributed by atoms with E-state index in [2.05, 4.69) is 17.1 Å². The molecule has 19 heavy (non-hydrogen) atoms. The Morgan fingerprint density at radius 2 is 1.89 bits per heavy atom. The molecule has 1 aliphatic carbocycles. The molecule has 0 spiro atoms. The molecule has 1 amide bonds. The van der Waals surface area contributed by atoms with Crippen molar-refractivity contribution in [3.05, 3.63) is 0 Å². The average molecular weight is 268 g/mol. The van der Waals surface area contributed by atoms with Crippen LogP contribution in [-0.4, -0.2) is 42.3 Å². The normalized spacial score (nSPS) is 24.0. The van der Waals surface area contributed by atoms with Gasteiger partial charge in [-0.2, -0.15) is 0 Å². The number of carbonyl (C=O) groups is 1. The Morgan fingerprint density at radius 3 is 2.37 bits per heavy atom. The summed E-state index contributed by atoms with van der Waals surface area (Å²) in [5.41, 5.74) is -0.192. The van der Waals surface area contributed by atoms with Gasteiger partial charge in [-0.1, -0.05) is 6.92 Å². The second-order valence-electron chi connectivity index (χ2n) is 7.43. The summed E-state index contributed by atoms with van der Waals surface area (Å²) in [6.45, 7) is 11.0. The van der Waals surface area contributed by atoms with Crippen LogP contribution in [0.1, 0.15) is 53.4 Å². The molecule has 1 heterocycles. The van der Waals surface area contributed by atoms with Gasteiger partial charge in [-0.05, 0) is 65.0 Å². The predicted octanol–water partition coefficient (Wildman–Crippen LogP) is 2.78. The van der Waals surface area contributed by atoms with Gasteiger partial charge in [-0.15, -0.1) is 0 Å². The number of nitrogens with zero attached hydrogens (tertiary/aromatic N) is 1.